The average molecular weight is 312 g/mol. The highest BCUT2D eigenvalue weighted by Crippen LogP contribution is 2.28. The van der Waals surface area contributed by atoms with Gasteiger partial charge in [0.15, 0.2) is 11.6 Å². The number of hydrogen-bond donors (Lipinski definition) is 1. The fraction of sp³-hybridized carbons (Fsp3) is 0. The second kappa shape index (κ2) is 5.14. The van der Waals surface area contributed by atoms with Gasteiger partial charge in [-0.15, -0.1) is 0 Å². The third kappa shape index (κ3) is 2.65. The SMILES string of the molecule is O=C(O)c1cccnc1Oc1cc(Br)ccc1F. The highest BCUT2D eigenvalue weighted by atomic mass is 79.9. The maximum Gasteiger partial charge on any atom is 0.341 e. The lowest BCUT2D eigenvalue weighted by Gasteiger charge is -2.08. The Kier molecular flexibility index (Phi) is 3.57. The van der Waals surface area contributed by atoms with Crippen LogP contribution in [0.1, 0.15) is 10.4 Å². The van der Waals surface area contributed by atoms with Crippen molar-refractivity contribution in [2.24, 2.45) is 0 Å². The van der Waals surface area contributed by atoms with Crippen LogP contribution in [0.3, 0.4) is 0 Å². The van der Waals surface area contributed by atoms with E-state index in [2.05, 4.69) is 20.9 Å². The number of rotatable bonds is 3. The van der Waals surface area contributed by atoms with Gasteiger partial charge >= 0.3 is 5.97 Å². The molecule has 1 N–H and O–H groups in total. The van der Waals surface area contributed by atoms with Gasteiger partial charge in [-0.3, -0.25) is 0 Å². The van der Waals surface area contributed by atoms with Crippen molar-refractivity contribution < 1.29 is 19.0 Å². The van der Waals surface area contributed by atoms with E-state index in [4.69, 9.17) is 9.84 Å². The van der Waals surface area contributed by atoms with E-state index in [0.29, 0.717) is 4.47 Å². The Morgan fingerprint density at radius 2 is 2.17 bits per heavy atom. The van der Waals surface area contributed by atoms with Crippen molar-refractivity contribution in [1.29, 1.82) is 0 Å². The zero-order valence-electron chi connectivity index (χ0n) is 8.93. The molecule has 4 nitrogen and oxygen atoms in total. The summed E-state index contributed by atoms with van der Waals surface area (Å²) < 4.78 is 19.3. The molecular weight excluding hydrogens is 305 g/mol. The molecule has 0 aliphatic carbocycles. The Morgan fingerprint density at radius 3 is 2.89 bits per heavy atom. The molecule has 18 heavy (non-hydrogen) atoms. The quantitative estimate of drug-likeness (QED) is 0.943. The van der Waals surface area contributed by atoms with Gasteiger partial charge in [0.2, 0.25) is 5.88 Å². The van der Waals surface area contributed by atoms with Gasteiger partial charge in [-0.25, -0.2) is 14.2 Å². The molecule has 0 radical (unpaired) electrons. The molecule has 1 aromatic carbocycles. The van der Waals surface area contributed by atoms with Crippen LogP contribution in [-0.2, 0) is 0 Å². The molecule has 0 amide bonds. The number of pyridine rings is 1. The summed E-state index contributed by atoms with van der Waals surface area (Å²) in [6.45, 7) is 0. The summed E-state index contributed by atoms with van der Waals surface area (Å²) in [4.78, 5) is 14.7. The lowest BCUT2D eigenvalue weighted by atomic mass is 10.3. The van der Waals surface area contributed by atoms with Crippen LogP contribution >= 0.6 is 15.9 Å². The van der Waals surface area contributed by atoms with Gasteiger partial charge in [0.05, 0.1) is 0 Å². The first-order valence-corrected chi connectivity index (χ1v) is 5.68. The van der Waals surface area contributed by atoms with Crippen LogP contribution in [0.5, 0.6) is 11.6 Å². The highest BCUT2D eigenvalue weighted by molar-refractivity contribution is 9.10. The topological polar surface area (TPSA) is 59.4 Å². The van der Waals surface area contributed by atoms with Crippen LogP contribution in [0.15, 0.2) is 41.0 Å². The van der Waals surface area contributed by atoms with Crippen LogP contribution in [0.4, 0.5) is 4.39 Å². The minimum Gasteiger partial charge on any atom is -0.477 e. The van der Waals surface area contributed by atoms with Gasteiger partial charge in [0.25, 0.3) is 0 Å². The van der Waals surface area contributed by atoms with Gasteiger partial charge in [0.1, 0.15) is 5.56 Å². The molecule has 0 unspecified atom stereocenters. The van der Waals surface area contributed by atoms with E-state index in [1.165, 1.54) is 36.5 Å². The van der Waals surface area contributed by atoms with E-state index in [-0.39, 0.29) is 17.2 Å². The number of carbonyl (C=O) groups is 1. The third-order valence-electron chi connectivity index (χ3n) is 2.10. The standard InChI is InChI=1S/C12H7BrFNO3/c13-7-3-4-9(14)10(6-7)18-11-8(12(16)17)2-1-5-15-11/h1-6H,(H,16,17). The molecule has 0 aliphatic rings. The first-order chi connectivity index (χ1) is 8.58. The van der Waals surface area contributed by atoms with Crippen molar-refractivity contribution in [1.82, 2.24) is 4.98 Å². The van der Waals surface area contributed by atoms with Gasteiger partial charge in [-0.05, 0) is 30.3 Å². The Morgan fingerprint density at radius 1 is 1.39 bits per heavy atom. The molecule has 0 saturated heterocycles. The fourth-order valence-corrected chi connectivity index (χ4v) is 1.63. The molecule has 0 atom stereocenters. The summed E-state index contributed by atoms with van der Waals surface area (Å²) >= 11 is 3.17. The number of benzene rings is 1. The molecule has 0 aliphatic heterocycles. The molecular formula is C12H7BrFNO3. The number of carboxylic acids is 1. The minimum atomic E-state index is -1.19. The Balaban J connectivity index is 2.40. The van der Waals surface area contributed by atoms with Crippen LogP contribution in [-0.4, -0.2) is 16.1 Å². The minimum absolute atomic E-state index is 0.0921. The van der Waals surface area contributed by atoms with E-state index in [1.54, 1.807) is 0 Å². The van der Waals surface area contributed by atoms with Crippen LogP contribution in [0.25, 0.3) is 0 Å². The molecule has 1 heterocycles. The van der Waals surface area contributed by atoms with Crippen molar-refractivity contribution >= 4 is 21.9 Å². The van der Waals surface area contributed by atoms with Gasteiger partial charge in [-0.1, -0.05) is 15.9 Å². The summed E-state index contributed by atoms with van der Waals surface area (Å²) in [7, 11) is 0. The first-order valence-electron chi connectivity index (χ1n) is 4.89. The molecule has 92 valence electrons. The maximum atomic E-state index is 13.5. The maximum absolute atomic E-state index is 13.5. The van der Waals surface area contributed by atoms with Crippen LogP contribution in [0.2, 0.25) is 0 Å². The van der Waals surface area contributed by atoms with E-state index in [9.17, 15) is 9.18 Å². The van der Waals surface area contributed by atoms with Gasteiger partial charge < -0.3 is 9.84 Å². The predicted octanol–water partition coefficient (Wildman–Crippen LogP) is 3.47. The molecule has 0 fully saturated rings. The van der Waals surface area contributed by atoms with Crippen molar-refractivity contribution in [3.63, 3.8) is 0 Å². The Labute approximate surface area is 110 Å². The lowest BCUT2D eigenvalue weighted by molar-refractivity contribution is 0.0693. The Hall–Kier alpha value is -1.95. The summed E-state index contributed by atoms with van der Waals surface area (Å²) in [5.74, 6) is -2.03. The van der Waals surface area contributed by atoms with Gasteiger partial charge in [0, 0.05) is 10.7 Å². The molecule has 0 bridgehead atoms. The van der Waals surface area contributed by atoms with E-state index in [0.717, 1.165) is 0 Å². The molecule has 6 heteroatoms. The summed E-state index contributed by atoms with van der Waals surface area (Å²) in [5, 5.41) is 8.94. The third-order valence-corrected chi connectivity index (χ3v) is 2.59. The van der Waals surface area contributed by atoms with E-state index < -0.39 is 11.8 Å². The molecule has 2 rings (SSSR count). The predicted molar refractivity (Wildman–Crippen MR) is 65.4 cm³/mol. The van der Waals surface area contributed by atoms with E-state index >= 15 is 0 Å². The summed E-state index contributed by atoms with van der Waals surface area (Å²) in [6.07, 6.45) is 1.37. The number of aromatic nitrogens is 1. The van der Waals surface area contributed by atoms with Crippen molar-refractivity contribution in [3.05, 3.63) is 52.4 Å². The van der Waals surface area contributed by atoms with Crippen LogP contribution in [0, 0.1) is 5.82 Å². The van der Waals surface area contributed by atoms with E-state index in [1.807, 2.05) is 0 Å². The number of halogens is 2. The smallest absolute Gasteiger partial charge is 0.341 e. The van der Waals surface area contributed by atoms with Crippen molar-refractivity contribution in [3.8, 4) is 11.6 Å². The first kappa shape index (κ1) is 12.5. The molecule has 0 saturated carbocycles. The second-order valence-corrected chi connectivity index (χ2v) is 4.25. The normalized spacial score (nSPS) is 10.1. The van der Waals surface area contributed by atoms with Gasteiger partial charge in [-0.2, -0.15) is 0 Å². The fourth-order valence-electron chi connectivity index (χ4n) is 1.29. The zero-order chi connectivity index (χ0) is 13.1. The molecule has 1 aromatic heterocycles. The molecule has 2 aromatic rings. The number of nitrogens with zero attached hydrogens (tertiary/aromatic N) is 1. The molecule has 0 spiro atoms. The lowest BCUT2D eigenvalue weighted by Crippen LogP contribution is -2.02. The number of aromatic carboxylic acids is 1. The highest BCUT2D eigenvalue weighted by Gasteiger charge is 2.14. The monoisotopic (exact) mass is 311 g/mol. The zero-order valence-corrected chi connectivity index (χ0v) is 10.5. The summed E-state index contributed by atoms with van der Waals surface area (Å²) in [6, 6.07) is 6.92. The largest absolute Gasteiger partial charge is 0.477 e. The van der Waals surface area contributed by atoms with Crippen molar-refractivity contribution in [2.45, 2.75) is 0 Å². The Bertz CT molecular complexity index is 604. The number of carboxylic acid groups (broad SMARTS) is 1. The summed E-state index contributed by atoms with van der Waals surface area (Å²) in [5.41, 5.74) is -0.128. The van der Waals surface area contributed by atoms with Crippen molar-refractivity contribution in [2.75, 3.05) is 0 Å². The number of ether oxygens (including phenoxy) is 1. The second-order valence-electron chi connectivity index (χ2n) is 3.34. The average Bonchev–Trinajstić information content (AvgIpc) is 2.34. The number of hydrogen-bond acceptors (Lipinski definition) is 3. The van der Waals surface area contributed by atoms with Crippen LogP contribution < -0.4 is 4.74 Å².